The number of ether oxygens (including phenoxy) is 4. The number of esters is 3. The Bertz CT molecular complexity index is 1090. The molecule has 0 saturated heterocycles. The summed E-state index contributed by atoms with van der Waals surface area (Å²) in [5, 5.41) is 0.0798. The van der Waals surface area contributed by atoms with Crippen LogP contribution in [0.2, 0.25) is 0 Å². The first-order valence-corrected chi connectivity index (χ1v) is 8.95. The van der Waals surface area contributed by atoms with Crippen molar-refractivity contribution in [3.8, 4) is 23.0 Å². The number of allylic oxidation sites excluding steroid dienone is 1. The zero-order chi connectivity index (χ0) is 22.6. The van der Waals surface area contributed by atoms with Crippen LogP contribution in [0.15, 0.2) is 27.4 Å². The largest absolute Gasteiger partial charge is 0.495 e. The van der Waals surface area contributed by atoms with Gasteiger partial charge in [-0.05, 0) is 19.8 Å². The van der Waals surface area contributed by atoms with Gasteiger partial charge < -0.3 is 23.4 Å². The van der Waals surface area contributed by atoms with Crippen molar-refractivity contribution in [2.75, 3.05) is 7.11 Å². The van der Waals surface area contributed by atoms with E-state index in [-0.39, 0.29) is 28.2 Å². The summed E-state index contributed by atoms with van der Waals surface area (Å²) in [4.78, 5) is 47.2. The molecule has 2 aromatic rings. The minimum atomic E-state index is -1.06. The Morgan fingerprint density at radius 3 is 2.00 bits per heavy atom. The Hall–Kier alpha value is -3.62. The first kappa shape index (κ1) is 22.7. The van der Waals surface area contributed by atoms with E-state index in [2.05, 4.69) is 6.58 Å². The Balaban J connectivity index is 2.98. The third-order valence-corrected chi connectivity index (χ3v) is 3.88. The monoisotopic (exact) mass is 418 g/mol. The average Bonchev–Trinajstić information content (AvgIpc) is 2.61. The Kier molecular flexibility index (Phi) is 6.99. The van der Waals surface area contributed by atoms with Crippen LogP contribution in [0, 0.1) is 0 Å². The SMILES string of the molecule is C=C(C)CCc1c(OC(C)=O)cc2oc(=O)c(OC(C)=O)c(OC(C)=O)c2c1OC. The fourth-order valence-electron chi connectivity index (χ4n) is 2.82. The van der Waals surface area contributed by atoms with E-state index in [0.717, 1.165) is 19.4 Å². The molecule has 0 amide bonds. The fraction of sp³-hybridized carbons (Fsp3) is 0.333. The Labute approximate surface area is 172 Å². The van der Waals surface area contributed by atoms with E-state index >= 15 is 0 Å². The molecule has 0 spiro atoms. The molecule has 0 bridgehead atoms. The number of fused-ring (bicyclic) bond motifs is 1. The van der Waals surface area contributed by atoms with Gasteiger partial charge in [-0.25, -0.2) is 4.79 Å². The van der Waals surface area contributed by atoms with E-state index in [1.54, 1.807) is 0 Å². The van der Waals surface area contributed by atoms with Gasteiger partial charge in [0.2, 0.25) is 0 Å². The summed E-state index contributed by atoms with van der Waals surface area (Å²) in [6, 6.07) is 1.32. The average molecular weight is 418 g/mol. The highest BCUT2D eigenvalue weighted by Crippen LogP contribution is 2.45. The minimum Gasteiger partial charge on any atom is -0.495 e. The van der Waals surface area contributed by atoms with Gasteiger partial charge in [0, 0.05) is 32.4 Å². The molecule has 0 saturated carbocycles. The first-order chi connectivity index (χ1) is 14.0. The zero-order valence-corrected chi connectivity index (χ0v) is 17.4. The Morgan fingerprint density at radius 2 is 1.50 bits per heavy atom. The molecule has 2 rings (SSSR count). The lowest BCUT2D eigenvalue weighted by Crippen LogP contribution is -2.15. The molecule has 0 aliphatic heterocycles. The van der Waals surface area contributed by atoms with Crippen molar-refractivity contribution in [1.82, 2.24) is 0 Å². The molecule has 1 heterocycles. The van der Waals surface area contributed by atoms with Crippen LogP contribution >= 0.6 is 0 Å². The lowest BCUT2D eigenvalue weighted by Gasteiger charge is -2.18. The molecule has 30 heavy (non-hydrogen) atoms. The summed E-state index contributed by atoms with van der Waals surface area (Å²) >= 11 is 0. The second-order valence-corrected chi connectivity index (χ2v) is 6.55. The molecular formula is C21H22O9. The molecule has 1 aromatic heterocycles. The predicted molar refractivity (Wildman–Crippen MR) is 106 cm³/mol. The van der Waals surface area contributed by atoms with Gasteiger partial charge in [0.25, 0.3) is 5.75 Å². The zero-order valence-electron chi connectivity index (χ0n) is 17.4. The summed E-state index contributed by atoms with van der Waals surface area (Å²) < 4.78 is 26.2. The van der Waals surface area contributed by atoms with Gasteiger partial charge in [0.1, 0.15) is 22.5 Å². The van der Waals surface area contributed by atoms with Crippen molar-refractivity contribution in [2.24, 2.45) is 0 Å². The number of benzene rings is 1. The number of carbonyl (C=O) groups is 3. The van der Waals surface area contributed by atoms with E-state index in [0.29, 0.717) is 18.4 Å². The van der Waals surface area contributed by atoms with E-state index in [9.17, 15) is 19.2 Å². The van der Waals surface area contributed by atoms with Crippen LogP contribution < -0.4 is 24.6 Å². The summed E-state index contributed by atoms with van der Waals surface area (Å²) in [7, 11) is 1.35. The molecular weight excluding hydrogens is 396 g/mol. The molecule has 0 radical (unpaired) electrons. The highest BCUT2D eigenvalue weighted by Gasteiger charge is 2.27. The van der Waals surface area contributed by atoms with Gasteiger partial charge >= 0.3 is 23.5 Å². The molecule has 1 aromatic carbocycles. The van der Waals surface area contributed by atoms with E-state index in [1.807, 2.05) is 6.92 Å². The number of hydrogen-bond acceptors (Lipinski definition) is 9. The van der Waals surface area contributed by atoms with Crippen LogP contribution in [0.4, 0.5) is 0 Å². The lowest BCUT2D eigenvalue weighted by molar-refractivity contribution is -0.134. The van der Waals surface area contributed by atoms with Crippen molar-refractivity contribution >= 4 is 28.9 Å². The Morgan fingerprint density at radius 1 is 0.933 bits per heavy atom. The van der Waals surface area contributed by atoms with Crippen LogP contribution in [0.5, 0.6) is 23.0 Å². The molecule has 0 unspecified atom stereocenters. The number of methoxy groups -OCH3 is 1. The lowest BCUT2D eigenvalue weighted by atomic mass is 10.0. The maximum atomic E-state index is 12.4. The third-order valence-electron chi connectivity index (χ3n) is 3.88. The molecule has 0 N–H and O–H groups in total. The van der Waals surface area contributed by atoms with Crippen molar-refractivity contribution in [2.45, 2.75) is 40.5 Å². The molecule has 9 nitrogen and oxygen atoms in total. The van der Waals surface area contributed by atoms with Gasteiger partial charge in [0.05, 0.1) is 7.11 Å². The predicted octanol–water partition coefficient (Wildman–Crippen LogP) is 3.09. The van der Waals surface area contributed by atoms with E-state index in [1.165, 1.54) is 20.1 Å². The number of carbonyl (C=O) groups excluding carboxylic acids is 3. The van der Waals surface area contributed by atoms with E-state index in [4.69, 9.17) is 23.4 Å². The molecule has 9 heteroatoms. The maximum absolute atomic E-state index is 12.4. The van der Waals surface area contributed by atoms with Crippen LogP contribution in [0.25, 0.3) is 11.0 Å². The standard InChI is InChI=1S/C21H22O9/c1-10(2)7-8-14-15(27-11(3)22)9-16-17(18(14)26-6)19(28-12(4)23)20(21(25)30-16)29-13(5)24/h9H,1,7-8H2,2-6H3. The highest BCUT2D eigenvalue weighted by molar-refractivity contribution is 5.96. The van der Waals surface area contributed by atoms with Gasteiger partial charge in [-0.15, -0.1) is 6.58 Å². The van der Waals surface area contributed by atoms with Crippen LogP contribution in [0.3, 0.4) is 0 Å². The molecule has 160 valence electrons. The second-order valence-electron chi connectivity index (χ2n) is 6.55. The van der Waals surface area contributed by atoms with Gasteiger partial charge in [0.15, 0.2) is 5.75 Å². The summed E-state index contributed by atoms with van der Waals surface area (Å²) in [6.07, 6.45) is 0.894. The fourth-order valence-corrected chi connectivity index (χ4v) is 2.82. The topological polar surface area (TPSA) is 118 Å². The number of hydrogen-bond donors (Lipinski definition) is 0. The van der Waals surface area contributed by atoms with Crippen molar-refractivity contribution in [3.05, 3.63) is 34.2 Å². The summed E-state index contributed by atoms with van der Waals surface area (Å²) in [5.41, 5.74) is 0.185. The van der Waals surface area contributed by atoms with E-state index < -0.39 is 29.3 Å². The third kappa shape index (κ3) is 5.05. The van der Waals surface area contributed by atoms with Crippen molar-refractivity contribution < 1.29 is 37.7 Å². The smallest absolute Gasteiger partial charge is 0.383 e. The summed E-state index contributed by atoms with van der Waals surface area (Å²) in [6.45, 7) is 9.13. The van der Waals surface area contributed by atoms with Crippen molar-refractivity contribution in [1.29, 1.82) is 0 Å². The van der Waals surface area contributed by atoms with Crippen LogP contribution in [-0.4, -0.2) is 25.0 Å². The van der Waals surface area contributed by atoms with Crippen LogP contribution in [0.1, 0.15) is 39.7 Å². The molecule has 0 fully saturated rings. The normalized spacial score (nSPS) is 10.4. The quantitative estimate of drug-likeness (QED) is 0.289. The highest BCUT2D eigenvalue weighted by atomic mass is 16.6. The van der Waals surface area contributed by atoms with Gasteiger partial charge in [-0.2, -0.15) is 0 Å². The molecule has 0 aliphatic rings. The summed E-state index contributed by atoms with van der Waals surface area (Å²) in [5.74, 6) is -2.82. The number of rotatable bonds is 7. The molecule has 0 aliphatic carbocycles. The van der Waals surface area contributed by atoms with Gasteiger partial charge in [-0.1, -0.05) is 5.57 Å². The van der Waals surface area contributed by atoms with Gasteiger partial charge in [-0.3, -0.25) is 14.4 Å². The minimum absolute atomic E-state index is 0.0798. The molecule has 0 atom stereocenters. The first-order valence-electron chi connectivity index (χ1n) is 8.95. The maximum Gasteiger partial charge on any atom is 0.383 e. The second kappa shape index (κ2) is 9.25. The van der Waals surface area contributed by atoms with Crippen LogP contribution in [-0.2, 0) is 20.8 Å². The van der Waals surface area contributed by atoms with Crippen molar-refractivity contribution in [3.63, 3.8) is 0 Å².